The maximum Gasteiger partial charge on any atom is 0.121 e. The first-order valence-electron chi connectivity index (χ1n) is 4.01. The number of aliphatic hydroxyl groups excluding tert-OH is 2. The largest absolute Gasteiger partial charge is 0.389 e. The Morgan fingerprint density at radius 1 is 1.58 bits per heavy atom. The summed E-state index contributed by atoms with van der Waals surface area (Å²) in [6, 6.07) is -0.487. The van der Waals surface area contributed by atoms with Crippen LogP contribution >= 0.6 is 11.8 Å². The van der Waals surface area contributed by atoms with E-state index in [0.717, 1.165) is 5.75 Å². The van der Waals surface area contributed by atoms with Gasteiger partial charge in [-0.3, -0.25) is 0 Å². The van der Waals surface area contributed by atoms with E-state index in [1.54, 1.807) is 11.8 Å². The molecular formula is C7H15NO3S. The maximum absolute atomic E-state index is 9.37. The van der Waals surface area contributed by atoms with Gasteiger partial charge in [0, 0.05) is 0 Å². The fourth-order valence-electron chi connectivity index (χ4n) is 1.14. The Bertz CT molecular complexity index is 147. The van der Waals surface area contributed by atoms with Crippen LogP contribution in [-0.2, 0) is 4.74 Å². The molecule has 4 nitrogen and oxygen atoms in total. The number of ether oxygens (including phenoxy) is 1. The second-order valence-electron chi connectivity index (χ2n) is 2.79. The van der Waals surface area contributed by atoms with Crippen molar-refractivity contribution in [1.29, 1.82) is 0 Å². The Hall–Kier alpha value is 0.190. The lowest BCUT2D eigenvalue weighted by Crippen LogP contribution is -2.56. The van der Waals surface area contributed by atoms with Gasteiger partial charge >= 0.3 is 0 Å². The van der Waals surface area contributed by atoms with Crippen LogP contribution in [0.25, 0.3) is 0 Å². The molecule has 0 radical (unpaired) electrons. The summed E-state index contributed by atoms with van der Waals surface area (Å²) in [5.41, 5.74) is 5.46. The van der Waals surface area contributed by atoms with Crippen LogP contribution in [-0.4, -0.2) is 46.3 Å². The molecule has 0 aliphatic carbocycles. The normalized spacial score (nSPS) is 43.0. The lowest BCUT2D eigenvalue weighted by molar-refractivity contribution is -0.107. The molecule has 1 fully saturated rings. The first-order valence-corrected chi connectivity index (χ1v) is 5.06. The van der Waals surface area contributed by atoms with Gasteiger partial charge in [-0.05, 0) is 5.75 Å². The van der Waals surface area contributed by atoms with Gasteiger partial charge < -0.3 is 20.7 Å². The zero-order valence-corrected chi connectivity index (χ0v) is 7.83. The molecule has 1 heterocycles. The monoisotopic (exact) mass is 193 g/mol. The van der Waals surface area contributed by atoms with Gasteiger partial charge in [-0.1, -0.05) is 6.92 Å². The summed E-state index contributed by atoms with van der Waals surface area (Å²) in [7, 11) is 0. The molecule has 0 spiro atoms. The third kappa shape index (κ3) is 2.11. The van der Waals surface area contributed by atoms with Crippen LogP contribution in [0.2, 0.25) is 0 Å². The Kier molecular flexibility index (Phi) is 3.79. The summed E-state index contributed by atoms with van der Waals surface area (Å²) in [5.74, 6) is 0.890. The van der Waals surface area contributed by atoms with Crippen LogP contribution in [0.4, 0.5) is 0 Å². The van der Waals surface area contributed by atoms with Crippen molar-refractivity contribution in [3.63, 3.8) is 0 Å². The van der Waals surface area contributed by atoms with E-state index in [1.165, 1.54) is 0 Å². The lowest BCUT2D eigenvalue weighted by atomic mass is 10.1. The summed E-state index contributed by atoms with van der Waals surface area (Å²) in [5, 5.41) is 18.5. The Morgan fingerprint density at radius 2 is 2.25 bits per heavy atom. The Morgan fingerprint density at radius 3 is 2.83 bits per heavy atom. The van der Waals surface area contributed by atoms with Crippen molar-refractivity contribution in [2.45, 2.75) is 30.6 Å². The highest BCUT2D eigenvalue weighted by Gasteiger charge is 2.35. The van der Waals surface area contributed by atoms with E-state index in [2.05, 4.69) is 0 Å². The van der Waals surface area contributed by atoms with E-state index >= 15 is 0 Å². The van der Waals surface area contributed by atoms with Crippen molar-refractivity contribution in [2.75, 3.05) is 12.4 Å². The molecule has 0 unspecified atom stereocenters. The number of thioether (sulfide) groups is 1. The van der Waals surface area contributed by atoms with Gasteiger partial charge in [0.1, 0.15) is 17.6 Å². The van der Waals surface area contributed by atoms with Gasteiger partial charge in [0.2, 0.25) is 0 Å². The standard InChI is InChI=1S/C7H15NO3S/c1-2-12-7-5(8)6(10)4(9)3-11-7/h4-7,9-10H,2-3,8H2,1H3/t4-,5+,6-,7-/m1/s1. The molecule has 12 heavy (non-hydrogen) atoms. The summed E-state index contributed by atoms with van der Waals surface area (Å²) < 4.78 is 5.24. The Labute approximate surface area is 76.1 Å². The van der Waals surface area contributed by atoms with Gasteiger partial charge in [-0.2, -0.15) is 0 Å². The second kappa shape index (κ2) is 4.43. The highest BCUT2D eigenvalue weighted by atomic mass is 32.2. The summed E-state index contributed by atoms with van der Waals surface area (Å²) in [6.07, 6.45) is -1.70. The molecular weight excluding hydrogens is 178 g/mol. The van der Waals surface area contributed by atoms with E-state index in [-0.39, 0.29) is 12.0 Å². The van der Waals surface area contributed by atoms with Crippen LogP contribution < -0.4 is 5.73 Å². The van der Waals surface area contributed by atoms with Crippen molar-refractivity contribution in [2.24, 2.45) is 5.73 Å². The van der Waals surface area contributed by atoms with Crippen molar-refractivity contribution in [3.8, 4) is 0 Å². The van der Waals surface area contributed by atoms with Crippen LogP contribution in [0.3, 0.4) is 0 Å². The summed E-state index contributed by atoms with van der Waals surface area (Å²) in [6.45, 7) is 2.17. The van der Waals surface area contributed by atoms with Crippen molar-refractivity contribution >= 4 is 11.8 Å². The van der Waals surface area contributed by atoms with Gasteiger partial charge in [0.25, 0.3) is 0 Å². The third-order valence-electron chi connectivity index (χ3n) is 1.87. The summed E-state index contributed by atoms with van der Waals surface area (Å²) in [4.78, 5) is 0. The average molecular weight is 193 g/mol. The van der Waals surface area contributed by atoms with Crippen LogP contribution in [0, 0.1) is 0 Å². The zero-order chi connectivity index (χ0) is 9.14. The molecule has 0 saturated carbocycles. The number of hydrogen-bond acceptors (Lipinski definition) is 5. The topological polar surface area (TPSA) is 75.7 Å². The van der Waals surface area contributed by atoms with Crippen LogP contribution in [0.15, 0.2) is 0 Å². The van der Waals surface area contributed by atoms with E-state index in [4.69, 9.17) is 15.6 Å². The molecule has 4 atom stereocenters. The fraction of sp³-hybridized carbons (Fsp3) is 1.00. The minimum atomic E-state index is -0.859. The first-order chi connectivity index (χ1) is 5.66. The molecule has 0 aromatic rings. The lowest BCUT2D eigenvalue weighted by Gasteiger charge is -2.35. The smallest absolute Gasteiger partial charge is 0.121 e. The van der Waals surface area contributed by atoms with Crippen molar-refractivity contribution in [3.05, 3.63) is 0 Å². The van der Waals surface area contributed by atoms with Gasteiger partial charge in [0.05, 0.1) is 12.6 Å². The highest BCUT2D eigenvalue weighted by Crippen LogP contribution is 2.22. The second-order valence-corrected chi connectivity index (χ2v) is 4.17. The molecule has 1 aliphatic rings. The molecule has 0 aromatic carbocycles. The van der Waals surface area contributed by atoms with Gasteiger partial charge in [-0.15, -0.1) is 11.8 Å². The fourth-order valence-corrected chi connectivity index (χ4v) is 2.03. The molecule has 5 heteroatoms. The molecule has 72 valence electrons. The molecule has 4 N–H and O–H groups in total. The van der Waals surface area contributed by atoms with Gasteiger partial charge in [-0.25, -0.2) is 0 Å². The number of nitrogens with two attached hydrogens (primary N) is 1. The van der Waals surface area contributed by atoms with E-state index < -0.39 is 18.2 Å². The third-order valence-corrected chi connectivity index (χ3v) is 2.98. The predicted octanol–water partition coefficient (Wildman–Crippen LogP) is -0.855. The first kappa shape index (κ1) is 10.3. The maximum atomic E-state index is 9.37. The SMILES string of the molecule is CCS[C@H]1OC[C@@H](O)[C@@H](O)[C@@H]1N. The zero-order valence-electron chi connectivity index (χ0n) is 7.01. The van der Waals surface area contributed by atoms with Crippen LogP contribution in [0.1, 0.15) is 6.92 Å². The minimum absolute atomic E-state index is 0.173. The van der Waals surface area contributed by atoms with E-state index in [1.807, 2.05) is 6.92 Å². The van der Waals surface area contributed by atoms with Crippen molar-refractivity contribution < 1.29 is 14.9 Å². The average Bonchev–Trinajstić information content (AvgIpc) is 2.07. The van der Waals surface area contributed by atoms with E-state index in [9.17, 15) is 5.11 Å². The number of aliphatic hydroxyl groups is 2. The molecule has 0 bridgehead atoms. The highest BCUT2D eigenvalue weighted by molar-refractivity contribution is 7.99. The summed E-state index contributed by atoms with van der Waals surface area (Å²) >= 11 is 1.55. The van der Waals surface area contributed by atoms with Crippen molar-refractivity contribution in [1.82, 2.24) is 0 Å². The Balaban J connectivity index is 2.46. The van der Waals surface area contributed by atoms with E-state index in [0.29, 0.717) is 0 Å². The molecule has 1 aliphatic heterocycles. The molecule has 1 saturated heterocycles. The quantitative estimate of drug-likeness (QED) is 0.532. The molecule has 0 aromatic heterocycles. The number of hydrogen-bond donors (Lipinski definition) is 3. The van der Waals surface area contributed by atoms with Crippen LogP contribution in [0.5, 0.6) is 0 Å². The molecule has 1 rings (SSSR count). The predicted molar refractivity (Wildman–Crippen MR) is 47.9 cm³/mol. The van der Waals surface area contributed by atoms with Gasteiger partial charge in [0.15, 0.2) is 0 Å². The number of rotatable bonds is 2. The minimum Gasteiger partial charge on any atom is -0.389 e. The molecule has 0 amide bonds.